The molecular weight excluding hydrogens is 396 g/mol. The zero-order valence-electron chi connectivity index (χ0n) is 18.7. The molecule has 5 rings (SSSR count). The minimum absolute atomic E-state index is 0.192. The van der Waals surface area contributed by atoms with E-state index in [-0.39, 0.29) is 17.6 Å². The summed E-state index contributed by atoms with van der Waals surface area (Å²) in [6.45, 7) is 3.97. The van der Waals surface area contributed by atoms with E-state index in [0.717, 1.165) is 36.9 Å². The van der Waals surface area contributed by atoms with Crippen LogP contribution in [0.15, 0.2) is 72.8 Å². The topological polar surface area (TPSA) is 44.7 Å². The minimum atomic E-state index is 0.192. The zero-order valence-corrected chi connectivity index (χ0v) is 18.7. The van der Waals surface area contributed by atoms with E-state index in [1.165, 1.54) is 29.7 Å². The Bertz CT molecular complexity index is 1030. The van der Waals surface area contributed by atoms with Gasteiger partial charge in [0, 0.05) is 42.2 Å². The van der Waals surface area contributed by atoms with Crippen LogP contribution in [0.4, 0.5) is 5.69 Å². The van der Waals surface area contributed by atoms with Crippen molar-refractivity contribution in [2.24, 2.45) is 5.92 Å². The molecule has 2 aliphatic rings. The molecule has 1 saturated heterocycles. The fourth-order valence-corrected chi connectivity index (χ4v) is 5.37. The number of piperidine rings is 1. The van der Waals surface area contributed by atoms with Gasteiger partial charge in [-0.2, -0.15) is 0 Å². The Morgan fingerprint density at radius 1 is 0.938 bits per heavy atom. The highest BCUT2D eigenvalue weighted by atomic mass is 16.5. The summed E-state index contributed by atoms with van der Waals surface area (Å²) in [5, 5.41) is 13.3. The van der Waals surface area contributed by atoms with Crippen LogP contribution in [-0.2, 0) is 0 Å². The van der Waals surface area contributed by atoms with E-state index in [4.69, 9.17) is 4.74 Å². The van der Waals surface area contributed by atoms with Crippen LogP contribution in [0.5, 0.6) is 11.5 Å². The molecule has 0 aliphatic carbocycles. The monoisotopic (exact) mass is 428 g/mol. The number of fused-ring (bicyclic) bond motifs is 1. The van der Waals surface area contributed by atoms with Crippen molar-refractivity contribution in [1.82, 2.24) is 5.32 Å². The maximum absolute atomic E-state index is 9.97. The lowest BCUT2D eigenvalue weighted by atomic mass is 9.76. The van der Waals surface area contributed by atoms with E-state index in [9.17, 15) is 5.11 Å². The first-order valence-electron chi connectivity index (χ1n) is 11.7. The van der Waals surface area contributed by atoms with Gasteiger partial charge in [0.2, 0.25) is 0 Å². The Morgan fingerprint density at radius 2 is 1.69 bits per heavy atom. The quantitative estimate of drug-likeness (QED) is 0.591. The standard InChI is InChI=1S/C28H32N2O2/c1-29-18-20-13-15-30(16-14-20)23-9-7-22(8-10-23)28-25-12-11-24(31)17-27(25)32-19-26(28)21-5-3-2-4-6-21/h2-12,17,20,26,28-29,31H,13-16,18-19H2,1H3/t26?,28-/m1/s1. The fraction of sp³-hybridized carbons (Fsp3) is 0.357. The molecule has 2 atom stereocenters. The maximum atomic E-state index is 9.97. The third-order valence-corrected chi connectivity index (χ3v) is 7.11. The van der Waals surface area contributed by atoms with Crippen LogP contribution in [0.2, 0.25) is 0 Å². The number of hydrogen-bond donors (Lipinski definition) is 2. The molecule has 0 radical (unpaired) electrons. The van der Waals surface area contributed by atoms with Gasteiger partial charge in [0.25, 0.3) is 0 Å². The number of hydrogen-bond acceptors (Lipinski definition) is 4. The van der Waals surface area contributed by atoms with Crippen molar-refractivity contribution in [3.8, 4) is 11.5 Å². The SMILES string of the molecule is CNCC1CCN(c2ccc([C@@H]3c4ccc(O)cc4OCC3c3ccccc3)cc2)CC1. The molecule has 2 aliphatic heterocycles. The van der Waals surface area contributed by atoms with Crippen LogP contribution in [0, 0.1) is 5.92 Å². The lowest BCUT2D eigenvalue weighted by Gasteiger charge is -2.36. The second-order valence-corrected chi connectivity index (χ2v) is 9.11. The first-order chi connectivity index (χ1) is 15.7. The molecule has 3 aromatic rings. The summed E-state index contributed by atoms with van der Waals surface area (Å²) < 4.78 is 6.10. The summed E-state index contributed by atoms with van der Waals surface area (Å²) in [4.78, 5) is 2.51. The van der Waals surface area contributed by atoms with Crippen molar-refractivity contribution in [3.63, 3.8) is 0 Å². The highest BCUT2D eigenvalue weighted by molar-refractivity contribution is 5.54. The van der Waals surface area contributed by atoms with Crippen LogP contribution in [-0.4, -0.2) is 38.4 Å². The minimum Gasteiger partial charge on any atom is -0.508 e. The molecule has 3 aromatic carbocycles. The summed E-state index contributed by atoms with van der Waals surface area (Å²) in [5.74, 6) is 2.25. The van der Waals surface area contributed by atoms with Gasteiger partial charge >= 0.3 is 0 Å². The summed E-state index contributed by atoms with van der Waals surface area (Å²) in [6, 6.07) is 25.3. The Morgan fingerprint density at radius 3 is 2.41 bits per heavy atom. The summed E-state index contributed by atoms with van der Waals surface area (Å²) in [7, 11) is 2.05. The molecule has 0 amide bonds. The third kappa shape index (κ3) is 4.20. The van der Waals surface area contributed by atoms with Gasteiger partial charge in [-0.05, 0) is 61.7 Å². The first-order valence-corrected chi connectivity index (χ1v) is 11.7. The van der Waals surface area contributed by atoms with Gasteiger partial charge in [-0.25, -0.2) is 0 Å². The van der Waals surface area contributed by atoms with E-state index in [1.54, 1.807) is 12.1 Å². The molecule has 0 spiro atoms. The number of ether oxygens (including phenoxy) is 1. The van der Waals surface area contributed by atoms with Crippen LogP contribution >= 0.6 is 0 Å². The smallest absolute Gasteiger partial charge is 0.126 e. The third-order valence-electron chi connectivity index (χ3n) is 7.11. The van der Waals surface area contributed by atoms with Gasteiger partial charge in [-0.3, -0.25) is 0 Å². The van der Waals surface area contributed by atoms with E-state index in [1.807, 2.05) is 13.1 Å². The molecule has 1 fully saturated rings. The first kappa shape index (κ1) is 20.9. The van der Waals surface area contributed by atoms with Gasteiger partial charge in [-0.15, -0.1) is 0 Å². The molecule has 4 nitrogen and oxygen atoms in total. The number of rotatable bonds is 5. The second-order valence-electron chi connectivity index (χ2n) is 9.11. The van der Waals surface area contributed by atoms with Crippen LogP contribution in [0.1, 0.15) is 41.4 Å². The van der Waals surface area contributed by atoms with Crippen molar-refractivity contribution in [2.45, 2.75) is 24.7 Å². The Balaban J connectivity index is 1.43. The number of aromatic hydroxyl groups is 1. The molecule has 4 heteroatoms. The molecule has 32 heavy (non-hydrogen) atoms. The maximum Gasteiger partial charge on any atom is 0.126 e. The average Bonchev–Trinajstić information content (AvgIpc) is 2.84. The van der Waals surface area contributed by atoms with Crippen molar-refractivity contribution in [2.75, 3.05) is 38.2 Å². The van der Waals surface area contributed by atoms with Crippen LogP contribution in [0.3, 0.4) is 0 Å². The number of nitrogens with zero attached hydrogens (tertiary/aromatic N) is 1. The van der Waals surface area contributed by atoms with Crippen LogP contribution < -0.4 is 15.0 Å². The number of phenolic OH excluding ortho intramolecular Hbond substituents is 1. The highest BCUT2D eigenvalue weighted by Gasteiger charge is 2.33. The summed E-state index contributed by atoms with van der Waals surface area (Å²) in [5.41, 5.74) is 5.03. The Hall–Kier alpha value is -2.98. The number of anilines is 1. The number of nitrogens with one attached hydrogen (secondary N) is 1. The Kier molecular flexibility index (Phi) is 6.04. The molecule has 0 saturated carbocycles. The van der Waals surface area contributed by atoms with Gasteiger partial charge in [0.05, 0.1) is 6.61 Å². The van der Waals surface area contributed by atoms with Crippen molar-refractivity contribution < 1.29 is 9.84 Å². The van der Waals surface area contributed by atoms with Crippen molar-refractivity contribution in [3.05, 3.63) is 89.5 Å². The molecule has 2 heterocycles. The van der Waals surface area contributed by atoms with E-state index < -0.39 is 0 Å². The molecule has 166 valence electrons. The van der Waals surface area contributed by atoms with E-state index in [2.05, 4.69) is 64.8 Å². The summed E-state index contributed by atoms with van der Waals surface area (Å²) >= 11 is 0. The fourth-order valence-electron chi connectivity index (χ4n) is 5.37. The summed E-state index contributed by atoms with van der Waals surface area (Å²) in [6.07, 6.45) is 2.49. The average molecular weight is 429 g/mol. The number of phenols is 1. The van der Waals surface area contributed by atoms with Gasteiger partial charge in [0.15, 0.2) is 0 Å². The highest BCUT2D eigenvalue weighted by Crippen LogP contribution is 2.47. The van der Waals surface area contributed by atoms with E-state index in [0.29, 0.717) is 6.61 Å². The second kappa shape index (κ2) is 9.25. The van der Waals surface area contributed by atoms with Gasteiger partial charge in [0.1, 0.15) is 11.5 Å². The largest absolute Gasteiger partial charge is 0.508 e. The van der Waals surface area contributed by atoms with Crippen molar-refractivity contribution >= 4 is 5.69 Å². The molecule has 0 bridgehead atoms. The normalized spacial score (nSPS) is 21.1. The predicted octanol–water partition coefficient (Wildman–Crippen LogP) is 5.14. The Labute approximate surface area is 190 Å². The molecule has 0 aromatic heterocycles. The van der Waals surface area contributed by atoms with Crippen molar-refractivity contribution in [1.29, 1.82) is 0 Å². The zero-order chi connectivity index (χ0) is 21.9. The lowest BCUT2D eigenvalue weighted by molar-refractivity contribution is 0.248. The molecular formula is C28H32N2O2. The van der Waals surface area contributed by atoms with Crippen LogP contribution in [0.25, 0.3) is 0 Å². The molecule has 1 unspecified atom stereocenters. The van der Waals surface area contributed by atoms with E-state index >= 15 is 0 Å². The number of benzene rings is 3. The lowest BCUT2D eigenvalue weighted by Crippen LogP contribution is -2.36. The van der Waals surface area contributed by atoms with Gasteiger partial charge in [-0.1, -0.05) is 48.5 Å². The predicted molar refractivity (Wildman–Crippen MR) is 130 cm³/mol. The van der Waals surface area contributed by atoms with Gasteiger partial charge < -0.3 is 20.1 Å². The molecule has 2 N–H and O–H groups in total.